The largest absolute Gasteiger partial charge is 0.492 e. The summed E-state index contributed by atoms with van der Waals surface area (Å²) < 4.78 is 7.08. The lowest BCUT2D eigenvalue weighted by molar-refractivity contribution is 0.302. The van der Waals surface area contributed by atoms with Gasteiger partial charge in [0, 0.05) is 0 Å². The molecule has 3 rings (SSSR count). The number of benzene rings is 2. The van der Waals surface area contributed by atoms with Crippen LogP contribution in [0.5, 0.6) is 5.75 Å². The third-order valence-electron chi connectivity index (χ3n) is 6.51. The van der Waals surface area contributed by atoms with Gasteiger partial charge < -0.3 is 4.74 Å². The molecule has 2 heteroatoms. The first-order valence-corrected chi connectivity index (χ1v) is 13.1. The monoisotopic (exact) mass is 470 g/mol. The lowest BCUT2D eigenvalue weighted by Crippen LogP contribution is -2.04. The van der Waals surface area contributed by atoms with E-state index in [0.717, 1.165) is 29.2 Å². The van der Waals surface area contributed by atoms with Crippen molar-refractivity contribution < 1.29 is 4.74 Å². The predicted octanol–water partition coefficient (Wildman–Crippen LogP) is 9.68. The first kappa shape index (κ1) is 23.4. The van der Waals surface area contributed by atoms with Gasteiger partial charge in [0.2, 0.25) is 0 Å². The highest BCUT2D eigenvalue weighted by Crippen LogP contribution is 2.35. The van der Waals surface area contributed by atoms with Gasteiger partial charge in [0.1, 0.15) is 5.75 Å². The summed E-state index contributed by atoms with van der Waals surface area (Å²) in [7, 11) is 0. The maximum Gasteiger partial charge on any atom is 0.133 e. The highest BCUT2D eigenvalue weighted by atomic mass is 79.9. The van der Waals surface area contributed by atoms with Crippen LogP contribution in [-0.2, 0) is 0 Å². The summed E-state index contributed by atoms with van der Waals surface area (Å²) in [6, 6.07) is 15.7. The Morgan fingerprint density at radius 1 is 0.767 bits per heavy atom. The number of ether oxygens (including phenoxy) is 1. The Kier molecular flexibility index (Phi) is 10.3. The van der Waals surface area contributed by atoms with Gasteiger partial charge in [0.25, 0.3) is 0 Å². The Labute approximate surface area is 192 Å². The van der Waals surface area contributed by atoms with Gasteiger partial charge in [-0.15, -0.1) is 0 Å². The maximum absolute atomic E-state index is 6.02. The fourth-order valence-electron chi connectivity index (χ4n) is 4.60. The first-order chi connectivity index (χ1) is 14.8. The van der Waals surface area contributed by atoms with E-state index >= 15 is 0 Å². The zero-order valence-corrected chi connectivity index (χ0v) is 20.4. The van der Waals surface area contributed by atoms with Crippen molar-refractivity contribution in [3.05, 3.63) is 52.5 Å². The topological polar surface area (TPSA) is 9.23 Å². The highest BCUT2D eigenvalue weighted by molar-refractivity contribution is 9.10. The van der Waals surface area contributed by atoms with Crippen LogP contribution in [0.25, 0.3) is 11.1 Å². The minimum atomic E-state index is 0.770. The Morgan fingerprint density at radius 3 is 2.07 bits per heavy atom. The Balaban J connectivity index is 1.43. The van der Waals surface area contributed by atoms with Gasteiger partial charge >= 0.3 is 0 Å². The molecule has 1 nitrogen and oxygen atoms in total. The van der Waals surface area contributed by atoms with E-state index in [0.29, 0.717) is 0 Å². The maximum atomic E-state index is 6.02. The molecule has 0 amide bonds. The third kappa shape index (κ3) is 7.45. The SMILES string of the molecule is CCCCCCCCCCOc1ccc(-c2ccc(C3CCCCC3)cc2)cc1Br. The molecule has 0 bridgehead atoms. The molecule has 0 spiro atoms. The highest BCUT2D eigenvalue weighted by Gasteiger charge is 2.15. The fourth-order valence-corrected chi connectivity index (χ4v) is 5.09. The van der Waals surface area contributed by atoms with Crippen molar-refractivity contribution in [3.8, 4) is 16.9 Å². The second-order valence-corrected chi connectivity index (χ2v) is 9.78. The van der Waals surface area contributed by atoms with E-state index in [9.17, 15) is 0 Å². The average molecular weight is 472 g/mol. The quantitative estimate of drug-likeness (QED) is 0.280. The average Bonchev–Trinajstić information content (AvgIpc) is 2.79. The molecule has 0 saturated heterocycles. The molecule has 1 aliphatic rings. The van der Waals surface area contributed by atoms with Crippen molar-refractivity contribution in [3.63, 3.8) is 0 Å². The van der Waals surface area contributed by atoms with Crippen LogP contribution < -0.4 is 4.74 Å². The van der Waals surface area contributed by atoms with Crippen LogP contribution in [0.1, 0.15) is 102 Å². The van der Waals surface area contributed by atoms with Crippen LogP contribution >= 0.6 is 15.9 Å². The summed E-state index contributed by atoms with van der Waals surface area (Å²) in [5, 5.41) is 0. The van der Waals surface area contributed by atoms with E-state index in [1.165, 1.54) is 93.7 Å². The molecule has 1 aliphatic carbocycles. The molecule has 0 aromatic heterocycles. The van der Waals surface area contributed by atoms with Crippen molar-refractivity contribution in [1.29, 1.82) is 0 Å². The minimum absolute atomic E-state index is 0.770. The van der Waals surface area contributed by atoms with E-state index in [2.05, 4.69) is 65.3 Å². The second-order valence-electron chi connectivity index (χ2n) is 8.93. The van der Waals surface area contributed by atoms with Gasteiger partial charge in [0.05, 0.1) is 11.1 Å². The van der Waals surface area contributed by atoms with Gasteiger partial charge in [-0.1, -0.05) is 101 Å². The molecule has 2 aromatic carbocycles. The van der Waals surface area contributed by atoms with Crippen molar-refractivity contribution >= 4 is 15.9 Å². The zero-order chi connectivity index (χ0) is 21.0. The molecule has 0 unspecified atom stereocenters. The first-order valence-electron chi connectivity index (χ1n) is 12.3. The van der Waals surface area contributed by atoms with E-state index in [1.807, 2.05) is 0 Å². The summed E-state index contributed by atoms with van der Waals surface area (Å²) in [6.07, 6.45) is 17.5. The Morgan fingerprint density at radius 2 is 1.40 bits per heavy atom. The molecule has 2 aromatic rings. The summed E-state index contributed by atoms with van der Waals surface area (Å²) >= 11 is 3.71. The van der Waals surface area contributed by atoms with Crippen LogP contribution in [0, 0.1) is 0 Å². The van der Waals surface area contributed by atoms with Crippen LogP contribution in [0.3, 0.4) is 0 Å². The zero-order valence-electron chi connectivity index (χ0n) is 18.8. The fraction of sp³-hybridized carbons (Fsp3) is 0.571. The van der Waals surface area contributed by atoms with Crippen LogP contribution in [-0.4, -0.2) is 6.61 Å². The van der Waals surface area contributed by atoms with E-state index in [1.54, 1.807) is 0 Å². The minimum Gasteiger partial charge on any atom is -0.492 e. The van der Waals surface area contributed by atoms with Crippen molar-refractivity contribution in [2.24, 2.45) is 0 Å². The molecule has 0 atom stereocenters. The van der Waals surface area contributed by atoms with E-state index in [4.69, 9.17) is 4.74 Å². The van der Waals surface area contributed by atoms with Gasteiger partial charge in [-0.25, -0.2) is 0 Å². The molecule has 0 N–H and O–H groups in total. The lowest BCUT2D eigenvalue weighted by Gasteiger charge is -2.22. The van der Waals surface area contributed by atoms with Crippen LogP contribution in [0.4, 0.5) is 0 Å². The standard InChI is InChI=1S/C28H39BrO/c1-2-3-4-5-6-7-8-12-21-30-28-20-19-26(22-27(28)29)25-17-15-24(16-18-25)23-13-10-9-11-14-23/h15-20,22-23H,2-14,21H2,1H3. The summed E-state index contributed by atoms with van der Waals surface area (Å²) in [6.45, 7) is 3.08. The third-order valence-corrected chi connectivity index (χ3v) is 7.13. The normalized spacial score (nSPS) is 14.7. The molecule has 1 saturated carbocycles. The Hall–Kier alpha value is -1.28. The van der Waals surface area contributed by atoms with Gasteiger partial charge in [-0.05, 0) is 69.9 Å². The number of hydrogen-bond acceptors (Lipinski definition) is 1. The predicted molar refractivity (Wildman–Crippen MR) is 134 cm³/mol. The number of halogens is 1. The molecule has 0 aliphatic heterocycles. The van der Waals surface area contributed by atoms with E-state index in [-0.39, 0.29) is 0 Å². The molecule has 30 heavy (non-hydrogen) atoms. The number of unbranched alkanes of at least 4 members (excludes halogenated alkanes) is 7. The summed E-state index contributed by atoms with van der Waals surface area (Å²) in [5.74, 6) is 1.73. The van der Waals surface area contributed by atoms with Gasteiger partial charge in [-0.2, -0.15) is 0 Å². The molecular formula is C28H39BrO. The van der Waals surface area contributed by atoms with Crippen molar-refractivity contribution in [2.75, 3.05) is 6.61 Å². The molecular weight excluding hydrogens is 432 g/mol. The van der Waals surface area contributed by atoms with Gasteiger partial charge in [-0.3, -0.25) is 0 Å². The van der Waals surface area contributed by atoms with E-state index < -0.39 is 0 Å². The molecule has 0 heterocycles. The van der Waals surface area contributed by atoms with Crippen LogP contribution in [0.2, 0.25) is 0 Å². The lowest BCUT2D eigenvalue weighted by atomic mass is 9.84. The summed E-state index contributed by atoms with van der Waals surface area (Å²) in [4.78, 5) is 0. The number of rotatable bonds is 12. The number of hydrogen-bond donors (Lipinski definition) is 0. The molecule has 164 valence electrons. The van der Waals surface area contributed by atoms with Gasteiger partial charge in [0.15, 0.2) is 0 Å². The smallest absolute Gasteiger partial charge is 0.133 e. The van der Waals surface area contributed by atoms with Crippen molar-refractivity contribution in [1.82, 2.24) is 0 Å². The summed E-state index contributed by atoms with van der Waals surface area (Å²) in [5.41, 5.74) is 4.05. The molecule has 1 fully saturated rings. The molecule has 0 radical (unpaired) electrons. The van der Waals surface area contributed by atoms with Crippen LogP contribution in [0.15, 0.2) is 46.9 Å². The second kappa shape index (κ2) is 13.2. The van der Waals surface area contributed by atoms with Crippen molar-refractivity contribution in [2.45, 2.75) is 96.3 Å². The Bertz CT molecular complexity index is 731.